The Kier molecular flexibility index (Phi) is 14.5. The number of anilines is 1. The Labute approximate surface area is 466 Å². The Bertz CT molecular complexity index is 3040. The number of methoxy groups -OCH3 is 1. The number of ether oxygens (including phenoxy) is 5. The van der Waals surface area contributed by atoms with Crippen LogP contribution in [0.15, 0.2) is 52.9 Å². The second kappa shape index (κ2) is 21.5. The SMILES string of the molecule is CO[C@@H](C)c1ncc(N2CCN(C3CC3)CC2)cc1-c1c2c3cc(ccc3n1CCOC1CC3(COC3)C1)-c1csc(n1)[C@@H](N1CCOCC1)[C@H](NC(=O)[C@@H]1[C@@H](C)[C@H]1c1cocn1)C(=O)N1CCC[C@H](N1)C(=O)OCC(C)(C)C2. The average Bonchev–Trinajstić information content (AvgIpc) is 4.35. The van der Waals surface area contributed by atoms with Crippen LogP contribution in [-0.4, -0.2) is 169 Å². The number of fused-ring (bicyclic) bond motifs is 6. The van der Waals surface area contributed by atoms with Crippen molar-refractivity contribution in [1.29, 1.82) is 0 Å². The van der Waals surface area contributed by atoms with Crippen molar-refractivity contribution in [3.63, 3.8) is 0 Å². The van der Waals surface area contributed by atoms with Crippen LogP contribution in [0, 0.1) is 22.7 Å². The molecule has 422 valence electrons. The topological polar surface area (TPSA) is 191 Å². The van der Waals surface area contributed by atoms with E-state index in [2.05, 4.69) is 85.4 Å². The van der Waals surface area contributed by atoms with Crippen LogP contribution in [0.5, 0.6) is 0 Å². The van der Waals surface area contributed by atoms with Crippen molar-refractivity contribution in [1.82, 2.24) is 45.1 Å². The van der Waals surface area contributed by atoms with E-state index in [9.17, 15) is 9.59 Å². The van der Waals surface area contributed by atoms with Gasteiger partial charge in [0.1, 0.15) is 23.4 Å². The summed E-state index contributed by atoms with van der Waals surface area (Å²) in [5, 5.41) is 8.65. The van der Waals surface area contributed by atoms with Crippen LogP contribution >= 0.6 is 11.3 Å². The summed E-state index contributed by atoms with van der Waals surface area (Å²) in [4.78, 5) is 66.9. The molecule has 9 heterocycles. The number of aromatic nitrogens is 4. The molecule has 2 N–H and O–H groups in total. The molecule has 1 spiro atoms. The largest absolute Gasteiger partial charge is 0.464 e. The number of thiazole rings is 1. The van der Waals surface area contributed by atoms with E-state index in [1.54, 1.807) is 13.4 Å². The van der Waals surface area contributed by atoms with Gasteiger partial charge in [0.05, 0.1) is 92.6 Å². The first kappa shape index (κ1) is 53.0. The van der Waals surface area contributed by atoms with Crippen molar-refractivity contribution >= 4 is 45.7 Å². The smallest absolute Gasteiger partial charge is 0.324 e. The first-order valence-electron chi connectivity index (χ1n) is 28.9. The lowest BCUT2D eigenvalue weighted by molar-refractivity contribution is -0.209. The highest BCUT2D eigenvalue weighted by Gasteiger charge is 2.55. The number of rotatable bonds is 13. The summed E-state index contributed by atoms with van der Waals surface area (Å²) in [5.74, 6) is -1.55. The summed E-state index contributed by atoms with van der Waals surface area (Å²) in [6.07, 6.45) is 11.1. The number of nitrogens with zero attached hydrogens (tertiary/aromatic N) is 8. The van der Waals surface area contributed by atoms with Crippen LogP contribution in [0.1, 0.15) is 106 Å². The third-order valence-electron chi connectivity index (χ3n) is 18.5. The van der Waals surface area contributed by atoms with Crippen molar-refractivity contribution in [3.8, 4) is 22.5 Å². The zero-order chi connectivity index (χ0) is 54.2. The number of nitrogens with one attached hydrogen (secondary N) is 2. The molecular formula is C59H76N10O9S. The molecule has 1 aromatic carbocycles. The van der Waals surface area contributed by atoms with Crippen molar-refractivity contribution in [2.75, 3.05) is 97.5 Å². The third kappa shape index (κ3) is 10.4. The zero-order valence-corrected chi connectivity index (χ0v) is 47.1. The number of hydrogen-bond donors (Lipinski definition) is 2. The van der Waals surface area contributed by atoms with Crippen LogP contribution in [-0.2, 0) is 51.0 Å². The molecule has 0 radical (unpaired) electrons. The number of morpholine rings is 1. The predicted molar refractivity (Wildman–Crippen MR) is 296 cm³/mol. The van der Waals surface area contributed by atoms with Crippen molar-refractivity contribution in [2.45, 2.75) is 121 Å². The van der Waals surface area contributed by atoms with E-state index >= 15 is 4.79 Å². The summed E-state index contributed by atoms with van der Waals surface area (Å²) >= 11 is 1.49. The van der Waals surface area contributed by atoms with Crippen molar-refractivity contribution in [2.24, 2.45) is 22.7 Å². The highest BCUT2D eigenvalue weighted by molar-refractivity contribution is 7.10. The highest BCUT2D eigenvalue weighted by atomic mass is 32.1. The van der Waals surface area contributed by atoms with E-state index in [1.165, 1.54) is 35.6 Å². The Hall–Kier alpha value is -5.32. The van der Waals surface area contributed by atoms with Gasteiger partial charge in [0.15, 0.2) is 6.39 Å². The van der Waals surface area contributed by atoms with Gasteiger partial charge in [0, 0.05) is 116 Å². The number of piperazine rings is 1. The zero-order valence-electron chi connectivity index (χ0n) is 46.3. The van der Waals surface area contributed by atoms with Crippen molar-refractivity contribution in [3.05, 3.63) is 70.5 Å². The maximum Gasteiger partial charge on any atom is 0.324 e. The molecule has 7 atom stereocenters. The minimum atomic E-state index is -1.06. The normalized spacial score (nSPS) is 28.0. The van der Waals surface area contributed by atoms with Gasteiger partial charge in [-0.15, -0.1) is 11.3 Å². The number of benzene rings is 1. The van der Waals surface area contributed by atoms with Crippen LogP contribution in [0.2, 0.25) is 0 Å². The Morgan fingerprint density at radius 1 is 0.975 bits per heavy atom. The molecule has 19 nitrogen and oxygen atoms in total. The summed E-state index contributed by atoms with van der Waals surface area (Å²) < 4.78 is 38.5. The summed E-state index contributed by atoms with van der Waals surface area (Å²) in [7, 11) is 1.74. The monoisotopic (exact) mass is 1100 g/mol. The molecule has 2 amide bonds. The van der Waals surface area contributed by atoms with Gasteiger partial charge in [-0.2, -0.15) is 0 Å². The number of hydrazine groups is 1. The lowest BCUT2D eigenvalue weighted by atomic mass is 9.65. The molecule has 13 rings (SSSR count). The van der Waals surface area contributed by atoms with Crippen molar-refractivity contribution < 1.29 is 42.5 Å². The molecular weight excluding hydrogens is 1020 g/mol. The van der Waals surface area contributed by atoms with Gasteiger partial charge in [-0.3, -0.25) is 34.2 Å². The van der Waals surface area contributed by atoms with Gasteiger partial charge >= 0.3 is 5.97 Å². The molecule has 0 unspecified atom stereocenters. The molecule has 79 heavy (non-hydrogen) atoms. The second-order valence-corrected chi connectivity index (χ2v) is 25.5. The number of oxazole rings is 1. The van der Waals surface area contributed by atoms with E-state index in [-0.39, 0.29) is 47.9 Å². The molecule has 3 saturated carbocycles. The van der Waals surface area contributed by atoms with E-state index in [0.717, 1.165) is 114 Å². The fourth-order valence-corrected chi connectivity index (χ4v) is 14.6. The molecule has 3 aliphatic carbocycles. The van der Waals surface area contributed by atoms with Gasteiger partial charge in [-0.25, -0.2) is 15.4 Å². The Balaban J connectivity index is 0.937. The lowest BCUT2D eigenvalue weighted by Crippen LogP contribution is -2.63. The minimum absolute atomic E-state index is 0.00681. The van der Waals surface area contributed by atoms with E-state index in [1.807, 2.05) is 13.1 Å². The first-order valence-corrected chi connectivity index (χ1v) is 29.8. The maximum absolute atomic E-state index is 15.4. The van der Waals surface area contributed by atoms with Crippen LogP contribution in [0.3, 0.4) is 0 Å². The number of esters is 1. The van der Waals surface area contributed by atoms with Gasteiger partial charge in [-0.1, -0.05) is 26.8 Å². The molecule has 5 aromatic rings. The molecule has 20 heteroatoms. The molecule has 8 aliphatic rings. The number of pyridine rings is 1. The molecule has 6 bridgehead atoms. The Morgan fingerprint density at radius 3 is 2.52 bits per heavy atom. The standard InChI is InChI=1S/C59H76N10O9S/c1-35-48(45-29-75-34-61-45)49(35)54(70)63-51-53(67-17-20-74-21-18-67)55-62-46(30-79-55)37-8-11-47-41(23-37)43(27-58(3,4)31-78-57(72)44-7-6-12-69(64-44)56(51)71)52(68(47)19-22-77-40-25-59(26-40)32-76-33-59)42-24-39(28-60-50(42)36(2)73-5)66-15-13-65(14-16-66)38-9-10-38/h8,11,23-24,28-30,34-36,38,40,44,48-49,51,53,64H,6-7,9-10,12-22,25-27,31-33H2,1-5H3,(H,63,70)/t35-,36-,44-,48-,49+,51-,53-/m0/s1. The Morgan fingerprint density at radius 2 is 1.78 bits per heavy atom. The number of cyclic esters (lactones) is 1. The molecule has 5 aliphatic heterocycles. The molecule has 4 aromatic heterocycles. The highest BCUT2D eigenvalue weighted by Crippen LogP contribution is 2.54. The van der Waals surface area contributed by atoms with Crippen LogP contribution in [0.25, 0.3) is 33.4 Å². The van der Waals surface area contributed by atoms with Gasteiger partial charge in [0.25, 0.3) is 5.91 Å². The maximum atomic E-state index is 15.4. The van der Waals surface area contributed by atoms with Gasteiger partial charge < -0.3 is 42.9 Å². The summed E-state index contributed by atoms with van der Waals surface area (Å²) in [5.41, 5.74) is 11.6. The lowest BCUT2D eigenvalue weighted by Gasteiger charge is -2.52. The fraction of sp³-hybridized carbons (Fsp3) is 0.627. The number of hydrogen-bond acceptors (Lipinski definition) is 17. The van der Waals surface area contributed by atoms with E-state index < -0.39 is 35.4 Å². The first-order chi connectivity index (χ1) is 38.3. The van der Waals surface area contributed by atoms with Crippen LogP contribution in [0.4, 0.5) is 5.69 Å². The van der Waals surface area contributed by atoms with Gasteiger partial charge in [0.2, 0.25) is 5.91 Å². The molecule has 7 fully saturated rings. The summed E-state index contributed by atoms with van der Waals surface area (Å²) in [6.45, 7) is 17.5. The van der Waals surface area contributed by atoms with E-state index in [0.29, 0.717) is 70.3 Å². The predicted octanol–water partition coefficient (Wildman–Crippen LogP) is 6.53. The fourth-order valence-electron chi connectivity index (χ4n) is 13.6. The van der Waals surface area contributed by atoms with Crippen LogP contribution < -0.4 is 15.6 Å². The third-order valence-corrected chi connectivity index (χ3v) is 19.4. The number of carbonyl (C=O) groups excluding carboxylic acids is 3. The molecule has 4 saturated heterocycles. The second-order valence-electron chi connectivity index (χ2n) is 24.6. The quantitative estimate of drug-likeness (QED) is 0.121. The average molecular weight is 1100 g/mol. The van der Waals surface area contributed by atoms with E-state index in [4.69, 9.17) is 38.1 Å². The van der Waals surface area contributed by atoms with Gasteiger partial charge in [-0.05, 0) is 81.5 Å². The minimum Gasteiger partial charge on any atom is -0.464 e. The number of amides is 2. The number of carbonyl (C=O) groups is 3. The summed E-state index contributed by atoms with van der Waals surface area (Å²) in [6, 6.07) is 7.20.